The molecule has 0 heterocycles. The molecule has 4 atom stereocenters. The maximum atomic E-state index is 12.0. The van der Waals surface area contributed by atoms with Gasteiger partial charge in [0.15, 0.2) is 0 Å². The van der Waals surface area contributed by atoms with Crippen LogP contribution in [-0.2, 0) is 4.79 Å². The molecule has 1 N–H and O–H groups in total. The first-order valence-corrected chi connectivity index (χ1v) is 6.98. The maximum absolute atomic E-state index is 12.0. The Morgan fingerprint density at radius 3 is 2.71 bits per heavy atom. The Morgan fingerprint density at radius 2 is 2.18 bits per heavy atom. The highest BCUT2D eigenvalue weighted by Crippen LogP contribution is 2.49. The number of amides is 1. The first-order chi connectivity index (χ1) is 8.06. The molecular formula is C14H25NO2. The first kappa shape index (κ1) is 12.9. The Kier molecular flexibility index (Phi) is 4.08. The Labute approximate surface area is 104 Å². The highest BCUT2D eigenvalue weighted by Gasteiger charge is 2.40. The molecule has 3 heteroatoms. The summed E-state index contributed by atoms with van der Waals surface area (Å²) in [6.07, 6.45) is 6.49. The molecule has 2 fully saturated rings. The number of rotatable bonds is 5. The van der Waals surface area contributed by atoms with E-state index >= 15 is 0 Å². The average molecular weight is 239 g/mol. The van der Waals surface area contributed by atoms with Crippen LogP contribution in [0.4, 0.5) is 0 Å². The number of nitrogens with zero attached hydrogens (tertiary/aromatic N) is 1. The van der Waals surface area contributed by atoms with E-state index in [4.69, 9.17) is 0 Å². The van der Waals surface area contributed by atoms with Crippen molar-refractivity contribution in [1.82, 2.24) is 4.90 Å². The zero-order valence-electron chi connectivity index (χ0n) is 11.1. The third-order valence-electron chi connectivity index (χ3n) is 4.63. The zero-order valence-corrected chi connectivity index (χ0v) is 11.1. The van der Waals surface area contributed by atoms with Gasteiger partial charge in [-0.05, 0) is 50.4 Å². The van der Waals surface area contributed by atoms with Gasteiger partial charge in [-0.1, -0.05) is 6.42 Å². The molecule has 2 aliphatic carbocycles. The van der Waals surface area contributed by atoms with Crippen molar-refractivity contribution in [2.24, 2.45) is 17.8 Å². The molecule has 17 heavy (non-hydrogen) atoms. The van der Waals surface area contributed by atoms with Crippen molar-refractivity contribution in [3.8, 4) is 0 Å². The number of carbonyl (C=O) groups excluding carboxylic acids is 1. The van der Waals surface area contributed by atoms with E-state index in [1.54, 1.807) is 11.8 Å². The van der Waals surface area contributed by atoms with Crippen molar-refractivity contribution < 1.29 is 9.90 Å². The predicted molar refractivity (Wildman–Crippen MR) is 67.5 cm³/mol. The molecule has 4 unspecified atom stereocenters. The minimum Gasteiger partial charge on any atom is -0.393 e. The van der Waals surface area contributed by atoms with Crippen LogP contribution in [0.25, 0.3) is 0 Å². The molecule has 1 amide bonds. The largest absolute Gasteiger partial charge is 0.393 e. The molecule has 0 radical (unpaired) electrons. The van der Waals surface area contributed by atoms with Crippen LogP contribution in [0, 0.1) is 17.8 Å². The quantitative estimate of drug-likeness (QED) is 0.797. The van der Waals surface area contributed by atoms with Gasteiger partial charge in [0, 0.05) is 20.0 Å². The summed E-state index contributed by atoms with van der Waals surface area (Å²) in [6, 6.07) is 0. The predicted octanol–water partition coefficient (Wildman–Crippen LogP) is 2.04. The molecule has 3 nitrogen and oxygen atoms in total. The van der Waals surface area contributed by atoms with Crippen LogP contribution in [0.1, 0.15) is 45.4 Å². The van der Waals surface area contributed by atoms with Crippen LogP contribution >= 0.6 is 0 Å². The fourth-order valence-electron chi connectivity index (χ4n) is 3.51. The first-order valence-electron chi connectivity index (χ1n) is 6.98. The lowest BCUT2D eigenvalue weighted by Gasteiger charge is -2.24. The van der Waals surface area contributed by atoms with Gasteiger partial charge in [0.25, 0.3) is 0 Å². The van der Waals surface area contributed by atoms with Gasteiger partial charge in [0.1, 0.15) is 0 Å². The molecule has 0 aliphatic heterocycles. The Hall–Kier alpha value is -0.570. The van der Waals surface area contributed by atoms with E-state index in [9.17, 15) is 9.90 Å². The Bertz CT molecular complexity index is 277. The van der Waals surface area contributed by atoms with Gasteiger partial charge in [-0.25, -0.2) is 0 Å². The van der Waals surface area contributed by atoms with Gasteiger partial charge in [-0.15, -0.1) is 0 Å². The normalized spacial score (nSPS) is 32.8. The summed E-state index contributed by atoms with van der Waals surface area (Å²) in [5, 5.41) is 9.22. The van der Waals surface area contributed by atoms with Gasteiger partial charge >= 0.3 is 0 Å². The fourth-order valence-corrected chi connectivity index (χ4v) is 3.51. The van der Waals surface area contributed by atoms with E-state index in [1.165, 1.54) is 25.7 Å². The lowest BCUT2D eigenvalue weighted by atomic mass is 9.86. The highest BCUT2D eigenvalue weighted by atomic mass is 16.3. The van der Waals surface area contributed by atoms with Gasteiger partial charge in [-0.2, -0.15) is 0 Å². The van der Waals surface area contributed by atoms with Crippen LogP contribution in [-0.4, -0.2) is 35.6 Å². The molecule has 2 rings (SSSR count). The summed E-state index contributed by atoms with van der Waals surface area (Å²) >= 11 is 0. The Balaban J connectivity index is 1.73. The second kappa shape index (κ2) is 5.38. The van der Waals surface area contributed by atoms with Crippen LogP contribution in [0.3, 0.4) is 0 Å². The molecule has 0 spiro atoms. The number of aliphatic hydroxyl groups is 1. The number of fused-ring (bicyclic) bond motifs is 2. The summed E-state index contributed by atoms with van der Waals surface area (Å²) in [5.41, 5.74) is 0. The monoisotopic (exact) mass is 239 g/mol. The van der Waals surface area contributed by atoms with Crippen molar-refractivity contribution >= 4 is 5.91 Å². The molecule has 2 saturated carbocycles. The van der Waals surface area contributed by atoms with Crippen LogP contribution in [0.2, 0.25) is 0 Å². The summed E-state index contributed by atoms with van der Waals surface area (Å²) in [7, 11) is 1.86. The SMILES string of the molecule is CC(O)CCN(C)C(=O)CC1CC2CCC1C2. The van der Waals surface area contributed by atoms with Gasteiger partial charge < -0.3 is 10.0 Å². The van der Waals surface area contributed by atoms with Gasteiger partial charge in [0.05, 0.1) is 6.10 Å². The minimum absolute atomic E-state index is 0.267. The summed E-state index contributed by atoms with van der Waals surface area (Å²) in [6.45, 7) is 2.45. The average Bonchev–Trinajstić information content (AvgIpc) is 2.87. The lowest BCUT2D eigenvalue weighted by Crippen LogP contribution is -2.31. The Morgan fingerprint density at radius 1 is 1.41 bits per heavy atom. The second-order valence-corrected chi connectivity index (χ2v) is 6.09. The second-order valence-electron chi connectivity index (χ2n) is 6.09. The zero-order chi connectivity index (χ0) is 12.4. The van der Waals surface area contributed by atoms with Crippen molar-refractivity contribution in [2.45, 2.75) is 51.6 Å². The third kappa shape index (κ3) is 3.21. The van der Waals surface area contributed by atoms with Crippen molar-refractivity contribution in [2.75, 3.05) is 13.6 Å². The van der Waals surface area contributed by atoms with E-state index in [1.807, 2.05) is 7.05 Å². The molecule has 0 saturated heterocycles. The molecule has 0 aromatic heterocycles. The van der Waals surface area contributed by atoms with Crippen LogP contribution in [0.5, 0.6) is 0 Å². The molecule has 2 bridgehead atoms. The molecule has 2 aliphatic rings. The van der Waals surface area contributed by atoms with E-state index in [-0.39, 0.29) is 12.0 Å². The lowest BCUT2D eigenvalue weighted by molar-refractivity contribution is -0.131. The van der Waals surface area contributed by atoms with Crippen molar-refractivity contribution in [3.05, 3.63) is 0 Å². The number of hydrogen-bond acceptors (Lipinski definition) is 2. The summed E-state index contributed by atoms with van der Waals surface area (Å²) < 4.78 is 0. The molecule has 98 valence electrons. The summed E-state index contributed by atoms with van der Waals surface area (Å²) in [5.74, 6) is 2.66. The minimum atomic E-state index is -0.312. The smallest absolute Gasteiger partial charge is 0.222 e. The van der Waals surface area contributed by atoms with Crippen LogP contribution < -0.4 is 0 Å². The van der Waals surface area contributed by atoms with Crippen molar-refractivity contribution in [1.29, 1.82) is 0 Å². The van der Waals surface area contributed by atoms with Gasteiger partial charge in [0.2, 0.25) is 5.91 Å². The molecular weight excluding hydrogens is 214 g/mol. The number of hydrogen-bond donors (Lipinski definition) is 1. The van der Waals surface area contributed by atoms with E-state index < -0.39 is 0 Å². The van der Waals surface area contributed by atoms with Crippen molar-refractivity contribution in [3.63, 3.8) is 0 Å². The standard InChI is InChI=1S/C14H25NO2/c1-10(16)5-6-15(2)14(17)9-13-8-11-3-4-12(13)7-11/h10-13,16H,3-9H2,1-2H3. The summed E-state index contributed by atoms with van der Waals surface area (Å²) in [4.78, 5) is 13.8. The number of aliphatic hydroxyl groups excluding tert-OH is 1. The highest BCUT2D eigenvalue weighted by molar-refractivity contribution is 5.76. The molecule has 0 aromatic carbocycles. The van der Waals surface area contributed by atoms with E-state index in [0.29, 0.717) is 18.9 Å². The van der Waals surface area contributed by atoms with E-state index in [0.717, 1.165) is 18.3 Å². The third-order valence-corrected chi connectivity index (χ3v) is 4.63. The van der Waals surface area contributed by atoms with E-state index in [2.05, 4.69) is 0 Å². The van der Waals surface area contributed by atoms with Crippen LogP contribution in [0.15, 0.2) is 0 Å². The maximum Gasteiger partial charge on any atom is 0.222 e. The number of carbonyl (C=O) groups is 1. The molecule has 0 aromatic rings. The fraction of sp³-hybridized carbons (Fsp3) is 0.929. The topological polar surface area (TPSA) is 40.5 Å². The van der Waals surface area contributed by atoms with Gasteiger partial charge in [-0.3, -0.25) is 4.79 Å².